The van der Waals surface area contributed by atoms with E-state index in [1.807, 2.05) is 13.0 Å². The summed E-state index contributed by atoms with van der Waals surface area (Å²) < 4.78 is 6.08. The number of amides is 1. The van der Waals surface area contributed by atoms with Crippen LogP contribution < -0.4 is 5.32 Å². The van der Waals surface area contributed by atoms with Gasteiger partial charge in [0.25, 0.3) is 0 Å². The molecule has 0 aromatic carbocycles. The molecule has 0 atom stereocenters. The van der Waals surface area contributed by atoms with Crippen molar-refractivity contribution in [3.05, 3.63) is 21.9 Å². The second-order valence-corrected chi connectivity index (χ2v) is 5.10. The number of anilines is 1. The van der Waals surface area contributed by atoms with E-state index in [9.17, 15) is 4.79 Å². The molecule has 2 N–H and O–H groups in total. The minimum atomic E-state index is -1.06. The Morgan fingerprint density at radius 2 is 2.22 bits per heavy atom. The molecule has 0 bridgehead atoms. The SMILES string of the molecule is Cc1cc(NC(=O)O)c(C2CCOCC2)nc1Br. The molecule has 2 rings (SSSR count). The summed E-state index contributed by atoms with van der Waals surface area (Å²) in [6, 6.07) is 1.82. The molecule has 18 heavy (non-hydrogen) atoms. The number of carboxylic acid groups (broad SMARTS) is 1. The molecule has 1 fully saturated rings. The van der Waals surface area contributed by atoms with Crippen LogP contribution >= 0.6 is 15.9 Å². The largest absolute Gasteiger partial charge is 0.465 e. The lowest BCUT2D eigenvalue weighted by atomic mass is 9.94. The van der Waals surface area contributed by atoms with Crippen LogP contribution in [0.15, 0.2) is 10.7 Å². The van der Waals surface area contributed by atoms with Gasteiger partial charge in [0.05, 0.1) is 11.4 Å². The highest BCUT2D eigenvalue weighted by Gasteiger charge is 2.22. The van der Waals surface area contributed by atoms with Crippen LogP contribution in [0.5, 0.6) is 0 Å². The maximum absolute atomic E-state index is 10.8. The molecule has 1 aliphatic heterocycles. The first-order chi connectivity index (χ1) is 8.58. The highest BCUT2D eigenvalue weighted by molar-refractivity contribution is 9.10. The van der Waals surface area contributed by atoms with Crippen LogP contribution in [0, 0.1) is 6.92 Å². The van der Waals surface area contributed by atoms with Crippen LogP contribution in [0.25, 0.3) is 0 Å². The minimum absolute atomic E-state index is 0.248. The maximum atomic E-state index is 10.8. The highest BCUT2D eigenvalue weighted by atomic mass is 79.9. The van der Waals surface area contributed by atoms with Crippen molar-refractivity contribution in [3.63, 3.8) is 0 Å². The van der Waals surface area contributed by atoms with Gasteiger partial charge in [0.15, 0.2) is 0 Å². The molecule has 1 aromatic rings. The van der Waals surface area contributed by atoms with Gasteiger partial charge >= 0.3 is 6.09 Å². The lowest BCUT2D eigenvalue weighted by Gasteiger charge is -2.24. The third kappa shape index (κ3) is 3.00. The summed E-state index contributed by atoms with van der Waals surface area (Å²) in [7, 11) is 0. The van der Waals surface area contributed by atoms with Crippen molar-refractivity contribution in [1.82, 2.24) is 4.98 Å². The number of aromatic nitrogens is 1. The van der Waals surface area contributed by atoms with Gasteiger partial charge in [-0.05, 0) is 47.3 Å². The third-order valence-electron chi connectivity index (χ3n) is 3.03. The van der Waals surface area contributed by atoms with E-state index in [4.69, 9.17) is 9.84 Å². The summed E-state index contributed by atoms with van der Waals surface area (Å²) in [4.78, 5) is 15.3. The predicted molar refractivity (Wildman–Crippen MR) is 71.1 cm³/mol. The fourth-order valence-corrected chi connectivity index (χ4v) is 2.41. The van der Waals surface area contributed by atoms with Gasteiger partial charge in [-0.3, -0.25) is 5.32 Å². The Hall–Kier alpha value is -1.14. The molecule has 1 aromatic heterocycles. The summed E-state index contributed by atoms with van der Waals surface area (Å²) in [6.07, 6.45) is 0.681. The number of pyridine rings is 1. The van der Waals surface area contributed by atoms with Crippen molar-refractivity contribution in [2.45, 2.75) is 25.7 Å². The third-order valence-corrected chi connectivity index (χ3v) is 3.83. The number of rotatable bonds is 2. The van der Waals surface area contributed by atoms with Crippen LogP contribution in [-0.2, 0) is 4.74 Å². The zero-order valence-corrected chi connectivity index (χ0v) is 11.7. The first kappa shape index (κ1) is 13.3. The number of halogens is 1. The zero-order chi connectivity index (χ0) is 13.1. The van der Waals surface area contributed by atoms with Gasteiger partial charge in [0.2, 0.25) is 0 Å². The van der Waals surface area contributed by atoms with Crippen molar-refractivity contribution in [1.29, 1.82) is 0 Å². The molecule has 0 unspecified atom stereocenters. The number of nitrogens with one attached hydrogen (secondary N) is 1. The lowest BCUT2D eigenvalue weighted by molar-refractivity contribution is 0.0846. The van der Waals surface area contributed by atoms with Gasteiger partial charge in [-0.2, -0.15) is 0 Å². The normalized spacial score (nSPS) is 16.6. The Morgan fingerprint density at radius 1 is 1.56 bits per heavy atom. The average Bonchev–Trinajstić information content (AvgIpc) is 2.34. The molecular formula is C12H15BrN2O3. The number of carbonyl (C=O) groups is 1. The molecule has 2 heterocycles. The average molecular weight is 315 g/mol. The standard InChI is InChI=1S/C12H15BrN2O3/c1-7-6-9(14-12(16)17)10(15-11(7)13)8-2-4-18-5-3-8/h6,8,14H,2-5H2,1H3,(H,16,17). The molecule has 0 spiro atoms. The number of nitrogens with zero attached hydrogens (tertiary/aromatic N) is 1. The number of hydrogen-bond donors (Lipinski definition) is 2. The summed E-state index contributed by atoms with van der Waals surface area (Å²) in [5.41, 5.74) is 2.29. The zero-order valence-electron chi connectivity index (χ0n) is 10.1. The molecule has 0 saturated carbocycles. The fraction of sp³-hybridized carbons (Fsp3) is 0.500. The molecule has 0 aliphatic carbocycles. The first-order valence-electron chi connectivity index (χ1n) is 5.82. The van der Waals surface area contributed by atoms with Crippen molar-refractivity contribution in [2.75, 3.05) is 18.5 Å². The Labute approximate surface area is 114 Å². The van der Waals surface area contributed by atoms with Gasteiger partial charge in [0.1, 0.15) is 4.60 Å². The van der Waals surface area contributed by atoms with Gasteiger partial charge in [-0.25, -0.2) is 9.78 Å². The van der Waals surface area contributed by atoms with E-state index in [0.717, 1.165) is 28.7 Å². The maximum Gasteiger partial charge on any atom is 0.409 e. The van der Waals surface area contributed by atoms with E-state index in [1.54, 1.807) is 0 Å². The van der Waals surface area contributed by atoms with Crippen LogP contribution in [0.4, 0.5) is 10.5 Å². The predicted octanol–water partition coefficient (Wildman–Crippen LogP) is 3.14. The van der Waals surface area contributed by atoms with Crippen LogP contribution in [0.1, 0.15) is 30.0 Å². The van der Waals surface area contributed by atoms with Crippen LogP contribution in [0.3, 0.4) is 0 Å². The monoisotopic (exact) mass is 314 g/mol. The van der Waals surface area contributed by atoms with Gasteiger partial charge in [-0.15, -0.1) is 0 Å². The summed E-state index contributed by atoms with van der Waals surface area (Å²) in [5.74, 6) is 0.248. The van der Waals surface area contributed by atoms with E-state index in [1.165, 1.54) is 0 Å². The van der Waals surface area contributed by atoms with E-state index >= 15 is 0 Å². The molecule has 1 saturated heterocycles. The molecule has 6 heteroatoms. The quantitative estimate of drug-likeness (QED) is 0.823. The van der Waals surface area contributed by atoms with E-state index < -0.39 is 6.09 Å². The smallest absolute Gasteiger partial charge is 0.409 e. The summed E-state index contributed by atoms with van der Waals surface area (Å²) in [6.45, 7) is 3.28. The van der Waals surface area contributed by atoms with E-state index in [2.05, 4.69) is 26.2 Å². The summed E-state index contributed by atoms with van der Waals surface area (Å²) >= 11 is 3.40. The minimum Gasteiger partial charge on any atom is -0.465 e. The number of aryl methyl sites for hydroxylation is 1. The van der Waals surface area contributed by atoms with Gasteiger partial charge in [-0.1, -0.05) is 0 Å². The van der Waals surface area contributed by atoms with E-state index in [-0.39, 0.29) is 5.92 Å². The molecule has 0 radical (unpaired) electrons. The highest BCUT2D eigenvalue weighted by Crippen LogP contribution is 2.33. The van der Waals surface area contributed by atoms with Gasteiger partial charge < -0.3 is 9.84 Å². The van der Waals surface area contributed by atoms with Crippen LogP contribution in [-0.4, -0.2) is 29.4 Å². The lowest BCUT2D eigenvalue weighted by Crippen LogP contribution is -2.18. The summed E-state index contributed by atoms with van der Waals surface area (Å²) in [5, 5.41) is 11.3. The molecule has 1 amide bonds. The first-order valence-corrected chi connectivity index (χ1v) is 6.62. The molecular weight excluding hydrogens is 300 g/mol. The van der Waals surface area contributed by atoms with Crippen molar-refractivity contribution >= 4 is 27.7 Å². The second kappa shape index (κ2) is 5.67. The van der Waals surface area contributed by atoms with Crippen molar-refractivity contribution in [3.8, 4) is 0 Å². The Kier molecular flexibility index (Phi) is 4.19. The van der Waals surface area contributed by atoms with Crippen LogP contribution in [0.2, 0.25) is 0 Å². The fourth-order valence-electron chi connectivity index (χ4n) is 2.10. The van der Waals surface area contributed by atoms with E-state index in [0.29, 0.717) is 18.9 Å². The Bertz CT molecular complexity index is 459. The Balaban J connectivity index is 2.35. The molecule has 5 nitrogen and oxygen atoms in total. The Morgan fingerprint density at radius 3 is 2.83 bits per heavy atom. The number of hydrogen-bond acceptors (Lipinski definition) is 3. The van der Waals surface area contributed by atoms with Crippen molar-refractivity contribution in [2.24, 2.45) is 0 Å². The molecule has 98 valence electrons. The topological polar surface area (TPSA) is 71.5 Å². The number of ether oxygens (including phenoxy) is 1. The second-order valence-electron chi connectivity index (χ2n) is 4.35. The van der Waals surface area contributed by atoms with Gasteiger partial charge in [0, 0.05) is 19.1 Å². The van der Waals surface area contributed by atoms with Crippen molar-refractivity contribution < 1.29 is 14.6 Å². The molecule has 1 aliphatic rings.